The Morgan fingerprint density at radius 1 is 1.04 bits per heavy atom. The van der Waals surface area contributed by atoms with Crippen LogP contribution in [-0.2, 0) is 14.3 Å². The number of ether oxygens (including phenoxy) is 1. The molecule has 0 fully saturated rings. The Labute approximate surface area is 148 Å². The van der Waals surface area contributed by atoms with Gasteiger partial charge in [0, 0.05) is 12.0 Å². The molecule has 25 heavy (non-hydrogen) atoms. The molecule has 0 unspecified atom stereocenters. The van der Waals surface area contributed by atoms with E-state index in [4.69, 9.17) is 4.74 Å². The molecule has 1 aromatic heterocycles. The zero-order chi connectivity index (χ0) is 18.2. The molecular weight excluding hydrogens is 342 g/mol. The molecule has 0 saturated carbocycles. The number of nitrogens with one attached hydrogen (secondary N) is 1. The van der Waals surface area contributed by atoms with Crippen molar-refractivity contribution in [3.05, 3.63) is 52.2 Å². The first kappa shape index (κ1) is 18.5. The summed E-state index contributed by atoms with van der Waals surface area (Å²) in [6.45, 7) is 0.924. The van der Waals surface area contributed by atoms with Crippen molar-refractivity contribution < 1.29 is 23.9 Å². The number of para-hydroxylation sites is 1. The van der Waals surface area contributed by atoms with E-state index < -0.39 is 18.5 Å². The van der Waals surface area contributed by atoms with Gasteiger partial charge in [-0.05, 0) is 30.5 Å². The summed E-state index contributed by atoms with van der Waals surface area (Å²) < 4.78 is 4.86. The monoisotopic (exact) mass is 359 g/mol. The van der Waals surface area contributed by atoms with Gasteiger partial charge in [0.25, 0.3) is 5.91 Å². The molecule has 1 heterocycles. The third kappa shape index (κ3) is 5.65. The van der Waals surface area contributed by atoms with Crippen molar-refractivity contribution in [1.29, 1.82) is 0 Å². The molecule has 0 spiro atoms. The second-order valence-corrected chi connectivity index (χ2v) is 6.16. The predicted molar refractivity (Wildman–Crippen MR) is 93.9 cm³/mol. The number of hydrogen-bond acceptors (Lipinski definition) is 6. The van der Waals surface area contributed by atoms with Crippen LogP contribution in [0.3, 0.4) is 0 Å². The molecular formula is C18H17NO5S. The highest BCUT2D eigenvalue weighted by Gasteiger charge is 2.14. The van der Waals surface area contributed by atoms with Crippen LogP contribution in [0, 0.1) is 0 Å². The van der Waals surface area contributed by atoms with Gasteiger partial charge >= 0.3 is 5.97 Å². The minimum Gasteiger partial charge on any atom is -0.456 e. The number of rotatable bonds is 8. The van der Waals surface area contributed by atoms with Crippen molar-refractivity contribution in [1.82, 2.24) is 0 Å². The molecule has 0 aliphatic heterocycles. The number of Topliss-reactive ketones (excluding diaryl/α,β-unsaturated/α-hetero) is 2. The molecule has 1 N–H and O–H groups in total. The smallest absolute Gasteiger partial charge is 0.306 e. The molecule has 0 atom stereocenters. The number of anilines is 1. The number of carbonyl (C=O) groups excluding carboxylic acids is 4. The summed E-state index contributed by atoms with van der Waals surface area (Å²) in [6, 6.07) is 10.0. The van der Waals surface area contributed by atoms with Gasteiger partial charge in [0.1, 0.15) is 0 Å². The van der Waals surface area contributed by atoms with Crippen LogP contribution < -0.4 is 5.32 Å². The van der Waals surface area contributed by atoms with E-state index in [9.17, 15) is 19.2 Å². The molecule has 1 amide bonds. The second kappa shape index (κ2) is 8.89. The fraction of sp³-hybridized carbons (Fsp3) is 0.222. The molecule has 130 valence electrons. The maximum absolute atomic E-state index is 11.9. The van der Waals surface area contributed by atoms with Crippen molar-refractivity contribution >= 4 is 40.5 Å². The van der Waals surface area contributed by atoms with Gasteiger partial charge in [-0.1, -0.05) is 18.2 Å². The molecule has 0 saturated heterocycles. The SMILES string of the molecule is CC(=O)c1ccccc1NC(=O)COC(=O)CCC(=O)c1cccs1. The van der Waals surface area contributed by atoms with Crippen molar-refractivity contribution in [2.75, 3.05) is 11.9 Å². The van der Waals surface area contributed by atoms with E-state index >= 15 is 0 Å². The normalized spacial score (nSPS) is 10.1. The van der Waals surface area contributed by atoms with Crippen LogP contribution in [0.15, 0.2) is 41.8 Å². The highest BCUT2D eigenvalue weighted by atomic mass is 32.1. The molecule has 7 heteroatoms. The quantitative estimate of drug-likeness (QED) is 0.578. The van der Waals surface area contributed by atoms with E-state index in [1.165, 1.54) is 18.3 Å². The second-order valence-electron chi connectivity index (χ2n) is 5.21. The van der Waals surface area contributed by atoms with E-state index in [0.717, 1.165) is 0 Å². The fourth-order valence-corrected chi connectivity index (χ4v) is 2.77. The maximum Gasteiger partial charge on any atom is 0.306 e. The van der Waals surface area contributed by atoms with Gasteiger partial charge in [0.2, 0.25) is 0 Å². The lowest BCUT2D eigenvalue weighted by Gasteiger charge is -2.09. The summed E-state index contributed by atoms with van der Waals surface area (Å²) in [5.74, 6) is -1.49. The summed E-state index contributed by atoms with van der Waals surface area (Å²) in [6.07, 6.45) is -0.0534. The van der Waals surface area contributed by atoms with Crippen molar-refractivity contribution in [2.45, 2.75) is 19.8 Å². The van der Waals surface area contributed by atoms with Crippen molar-refractivity contribution in [2.24, 2.45) is 0 Å². The summed E-state index contributed by atoms with van der Waals surface area (Å²) in [7, 11) is 0. The van der Waals surface area contributed by atoms with Gasteiger partial charge in [-0.3, -0.25) is 19.2 Å². The first-order chi connectivity index (χ1) is 12.0. The van der Waals surface area contributed by atoms with Gasteiger partial charge in [-0.25, -0.2) is 0 Å². The Kier molecular flexibility index (Phi) is 6.59. The Morgan fingerprint density at radius 3 is 2.48 bits per heavy atom. The number of hydrogen-bond donors (Lipinski definition) is 1. The van der Waals surface area contributed by atoms with Crippen molar-refractivity contribution in [3.63, 3.8) is 0 Å². The van der Waals surface area contributed by atoms with Crippen molar-refractivity contribution in [3.8, 4) is 0 Å². The van der Waals surface area contributed by atoms with Gasteiger partial charge in [0.15, 0.2) is 18.2 Å². The van der Waals surface area contributed by atoms with Crippen LogP contribution in [0.1, 0.15) is 39.8 Å². The third-order valence-corrected chi connectivity index (χ3v) is 4.21. The fourth-order valence-electron chi connectivity index (χ4n) is 2.08. The Balaban J connectivity index is 1.77. The topological polar surface area (TPSA) is 89.5 Å². The third-order valence-electron chi connectivity index (χ3n) is 3.30. The Bertz CT molecular complexity index is 783. The number of thiophene rings is 1. The highest BCUT2D eigenvalue weighted by molar-refractivity contribution is 7.12. The summed E-state index contributed by atoms with van der Waals surface area (Å²) in [5, 5.41) is 4.32. The maximum atomic E-state index is 11.9. The van der Waals surface area contributed by atoms with E-state index in [1.54, 1.807) is 41.8 Å². The Hall–Kier alpha value is -2.80. The van der Waals surface area contributed by atoms with E-state index in [2.05, 4.69) is 5.32 Å². The van der Waals surface area contributed by atoms with E-state index in [1.807, 2.05) is 0 Å². The zero-order valence-corrected chi connectivity index (χ0v) is 14.4. The largest absolute Gasteiger partial charge is 0.456 e. The van der Waals surface area contributed by atoms with Crippen LogP contribution in [0.5, 0.6) is 0 Å². The van der Waals surface area contributed by atoms with Crippen LogP contribution in [0.2, 0.25) is 0 Å². The predicted octanol–water partition coefficient (Wildman–Crippen LogP) is 3.10. The van der Waals surface area contributed by atoms with Gasteiger partial charge in [0.05, 0.1) is 17.0 Å². The molecule has 0 aliphatic carbocycles. The standard InChI is InChI=1S/C18H17NO5S/c1-12(20)13-5-2-3-6-14(13)19-17(22)11-24-18(23)9-8-15(21)16-7-4-10-25-16/h2-7,10H,8-9,11H2,1H3,(H,19,22). The minimum atomic E-state index is -0.625. The first-order valence-corrected chi connectivity index (χ1v) is 8.47. The number of amides is 1. The lowest BCUT2D eigenvalue weighted by molar-refractivity contribution is -0.147. The van der Waals surface area contributed by atoms with Crippen LogP contribution in [0.25, 0.3) is 0 Å². The number of esters is 1. The Morgan fingerprint density at radius 2 is 1.80 bits per heavy atom. The van der Waals surface area contributed by atoms with Crippen LogP contribution in [-0.4, -0.2) is 30.0 Å². The summed E-state index contributed by atoms with van der Waals surface area (Å²) in [5.41, 5.74) is 0.743. The molecule has 0 radical (unpaired) electrons. The number of ketones is 2. The zero-order valence-electron chi connectivity index (χ0n) is 13.6. The molecule has 2 rings (SSSR count). The number of carbonyl (C=O) groups is 4. The average Bonchev–Trinajstić information content (AvgIpc) is 3.13. The molecule has 2 aromatic rings. The van der Waals surface area contributed by atoms with E-state index in [-0.39, 0.29) is 24.4 Å². The van der Waals surface area contributed by atoms with Crippen LogP contribution in [0.4, 0.5) is 5.69 Å². The van der Waals surface area contributed by atoms with E-state index in [0.29, 0.717) is 16.1 Å². The van der Waals surface area contributed by atoms with Gasteiger partial charge < -0.3 is 10.1 Å². The minimum absolute atomic E-state index is 0.0358. The highest BCUT2D eigenvalue weighted by Crippen LogP contribution is 2.15. The summed E-state index contributed by atoms with van der Waals surface area (Å²) >= 11 is 1.31. The molecule has 1 aromatic carbocycles. The molecule has 0 aliphatic rings. The van der Waals surface area contributed by atoms with Gasteiger partial charge in [-0.15, -0.1) is 11.3 Å². The van der Waals surface area contributed by atoms with Gasteiger partial charge in [-0.2, -0.15) is 0 Å². The lowest BCUT2D eigenvalue weighted by Crippen LogP contribution is -2.22. The molecule has 0 bridgehead atoms. The number of benzene rings is 1. The first-order valence-electron chi connectivity index (χ1n) is 7.59. The summed E-state index contributed by atoms with van der Waals surface area (Å²) in [4.78, 5) is 47.4. The van der Waals surface area contributed by atoms with Crippen LogP contribution >= 0.6 is 11.3 Å². The molecule has 6 nitrogen and oxygen atoms in total. The average molecular weight is 359 g/mol. The lowest BCUT2D eigenvalue weighted by atomic mass is 10.1.